The Balaban J connectivity index is 1.94. The fourth-order valence-electron chi connectivity index (χ4n) is 2.60. The quantitative estimate of drug-likeness (QED) is 0.303. The standard InChI is InChI=1S/C13H22N5O5P/c1-10(2)12(23-24(22,15-3-4-15)16-5-6-16)13-14-9-11(18(20)21)17(13)7-8-19/h9-10,12,19H,3-8H2,1-2H3. The average molecular weight is 359 g/mol. The van der Waals surface area contributed by atoms with Crippen LogP contribution in [0.3, 0.4) is 0 Å². The molecule has 11 heteroatoms. The van der Waals surface area contributed by atoms with Crippen LogP contribution in [0.4, 0.5) is 5.82 Å². The molecule has 0 aromatic carbocycles. The van der Waals surface area contributed by atoms with Gasteiger partial charge in [0.05, 0.1) is 6.61 Å². The van der Waals surface area contributed by atoms with Crippen LogP contribution >= 0.6 is 7.67 Å². The van der Waals surface area contributed by atoms with Crippen molar-refractivity contribution < 1.29 is 19.1 Å². The molecule has 0 radical (unpaired) electrons. The van der Waals surface area contributed by atoms with Gasteiger partial charge in [-0.15, -0.1) is 0 Å². The summed E-state index contributed by atoms with van der Waals surface area (Å²) in [5, 5.41) is 20.4. The maximum atomic E-state index is 13.2. The molecule has 134 valence electrons. The topological polar surface area (TPSA) is 114 Å². The molecule has 1 N–H and O–H groups in total. The molecule has 0 amide bonds. The molecule has 2 aliphatic heterocycles. The summed E-state index contributed by atoms with van der Waals surface area (Å²) in [5.41, 5.74) is 0. The first-order valence-electron chi connectivity index (χ1n) is 7.98. The van der Waals surface area contributed by atoms with Crippen LogP contribution in [-0.2, 0) is 15.6 Å². The number of hydrogen-bond acceptors (Lipinski definition) is 6. The van der Waals surface area contributed by atoms with Crippen molar-refractivity contribution in [2.75, 3.05) is 32.8 Å². The van der Waals surface area contributed by atoms with Gasteiger partial charge in [0, 0.05) is 26.2 Å². The van der Waals surface area contributed by atoms with Crippen LogP contribution in [0.25, 0.3) is 0 Å². The second-order valence-electron chi connectivity index (χ2n) is 6.27. The molecule has 10 nitrogen and oxygen atoms in total. The highest BCUT2D eigenvalue weighted by atomic mass is 31.2. The largest absolute Gasteiger partial charge is 0.392 e. The number of aliphatic hydroxyl groups is 1. The smallest absolute Gasteiger partial charge is 0.347 e. The lowest BCUT2D eigenvalue weighted by Crippen LogP contribution is -2.21. The molecule has 1 aromatic heterocycles. The number of nitro groups is 1. The van der Waals surface area contributed by atoms with E-state index < -0.39 is 18.7 Å². The summed E-state index contributed by atoms with van der Waals surface area (Å²) in [6, 6.07) is 0. The number of aliphatic hydroxyl groups excluding tert-OH is 1. The molecule has 24 heavy (non-hydrogen) atoms. The van der Waals surface area contributed by atoms with Crippen molar-refractivity contribution in [3.63, 3.8) is 0 Å². The van der Waals surface area contributed by atoms with Gasteiger partial charge in [-0.3, -0.25) is 9.09 Å². The lowest BCUT2D eigenvalue weighted by molar-refractivity contribution is -0.392. The van der Waals surface area contributed by atoms with Gasteiger partial charge in [-0.25, -0.2) is 18.9 Å². The Morgan fingerprint density at radius 2 is 1.96 bits per heavy atom. The molecule has 3 heterocycles. The van der Waals surface area contributed by atoms with E-state index in [1.165, 1.54) is 4.57 Å². The van der Waals surface area contributed by atoms with E-state index >= 15 is 0 Å². The van der Waals surface area contributed by atoms with Gasteiger partial charge in [0.1, 0.15) is 18.8 Å². The number of imidazole rings is 1. The van der Waals surface area contributed by atoms with Crippen molar-refractivity contribution in [2.45, 2.75) is 26.5 Å². The minimum atomic E-state index is -3.09. The summed E-state index contributed by atoms with van der Waals surface area (Å²) in [4.78, 5) is 14.8. The van der Waals surface area contributed by atoms with E-state index in [9.17, 15) is 19.8 Å². The Kier molecular flexibility index (Phi) is 4.76. The average Bonchev–Trinajstić information content (AvgIpc) is 3.41. The Labute approximate surface area is 139 Å². The van der Waals surface area contributed by atoms with Crippen LogP contribution in [0.2, 0.25) is 0 Å². The molecule has 3 rings (SSSR count). The lowest BCUT2D eigenvalue weighted by atomic mass is 10.1. The first-order valence-corrected chi connectivity index (χ1v) is 9.51. The first-order chi connectivity index (χ1) is 11.4. The fraction of sp³-hybridized carbons (Fsp3) is 0.769. The van der Waals surface area contributed by atoms with Gasteiger partial charge in [0.15, 0.2) is 0 Å². The third-order valence-electron chi connectivity index (χ3n) is 4.05. The molecule has 2 saturated heterocycles. The van der Waals surface area contributed by atoms with Crippen LogP contribution in [-0.4, -0.2) is 61.7 Å². The molecule has 0 spiro atoms. The highest BCUT2D eigenvalue weighted by Gasteiger charge is 2.52. The zero-order chi connectivity index (χ0) is 17.5. The van der Waals surface area contributed by atoms with E-state index in [0.29, 0.717) is 5.82 Å². The zero-order valence-corrected chi connectivity index (χ0v) is 14.6. The van der Waals surface area contributed by atoms with Gasteiger partial charge in [-0.1, -0.05) is 13.8 Å². The van der Waals surface area contributed by atoms with Gasteiger partial charge in [-0.2, -0.15) is 0 Å². The van der Waals surface area contributed by atoms with Crippen LogP contribution in [0.15, 0.2) is 6.20 Å². The summed E-state index contributed by atoms with van der Waals surface area (Å²) in [6.45, 7) is 6.47. The molecular weight excluding hydrogens is 337 g/mol. The second kappa shape index (κ2) is 6.53. The normalized spacial score (nSPS) is 19.7. The van der Waals surface area contributed by atoms with Crippen molar-refractivity contribution in [2.24, 2.45) is 5.92 Å². The van der Waals surface area contributed by atoms with Crippen LogP contribution in [0.1, 0.15) is 25.8 Å². The molecule has 0 bridgehead atoms. The van der Waals surface area contributed by atoms with Crippen molar-refractivity contribution >= 4 is 13.5 Å². The van der Waals surface area contributed by atoms with E-state index in [-0.39, 0.29) is 24.9 Å². The Bertz CT molecular complexity index is 654. The lowest BCUT2D eigenvalue weighted by Gasteiger charge is -2.27. The van der Waals surface area contributed by atoms with Gasteiger partial charge in [0.2, 0.25) is 5.82 Å². The third-order valence-corrected chi connectivity index (χ3v) is 6.78. The van der Waals surface area contributed by atoms with E-state index in [4.69, 9.17) is 4.52 Å². The number of aromatic nitrogens is 2. The maximum absolute atomic E-state index is 13.2. The predicted molar refractivity (Wildman–Crippen MR) is 85.4 cm³/mol. The van der Waals surface area contributed by atoms with E-state index in [0.717, 1.165) is 32.4 Å². The molecular formula is C13H22N5O5P. The Hall–Kier alpha value is -1.32. The molecule has 2 fully saturated rings. The van der Waals surface area contributed by atoms with Crippen molar-refractivity contribution in [1.82, 2.24) is 18.9 Å². The van der Waals surface area contributed by atoms with Crippen LogP contribution in [0, 0.1) is 16.0 Å². The van der Waals surface area contributed by atoms with Gasteiger partial charge < -0.3 is 15.2 Å². The minimum absolute atomic E-state index is 0.0377. The van der Waals surface area contributed by atoms with Gasteiger partial charge in [0.25, 0.3) is 0 Å². The first kappa shape index (κ1) is 17.5. The highest BCUT2D eigenvalue weighted by Crippen LogP contribution is 2.63. The SMILES string of the molecule is CC(C)C(OP(=O)(N1CC1)N1CC1)c1ncc([N+](=O)[O-])n1CCO. The molecule has 0 aliphatic carbocycles. The molecule has 1 aromatic rings. The molecule has 2 aliphatic rings. The number of nitrogens with zero attached hydrogens (tertiary/aromatic N) is 5. The van der Waals surface area contributed by atoms with Crippen LogP contribution < -0.4 is 0 Å². The molecule has 0 saturated carbocycles. The van der Waals surface area contributed by atoms with E-state index in [1.54, 1.807) is 9.34 Å². The Morgan fingerprint density at radius 3 is 2.38 bits per heavy atom. The third kappa shape index (κ3) is 3.25. The number of rotatable bonds is 9. The minimum Gasteiger partial charge on any atom is -0.392 e. The summed E-state index contributed by atoms with van der Waals surface area (Å²) in [7, 11) is -3.09. The fourth-order valence-corrected chi connectivity index (χ4v) is 5.05. The Morgan fingerprint density at radius 1 is 1.38 bits per heavy atom. The van der Waals surface area contributed by atoms with Crippen molar-refractivity contribution in [3.05, 3.63) is 22.1 Å². The molecule has 1 unspecified atom stereocenters. The second-order valence-corrected chi connectivity index (χ2v) is 8.60. The summed E-state index contributed by atoms with van der Waals surface area (Å²) in [6.07, 6.45) is 0.501. The summed E-state index contributed by atoms with van der Waals surface area (Å²) < 4.78 is 24.2. The van der Waals surface area contributed by atoms with Crippen LogP contribution in [0.5, 0.6) is 0 Å². The van der Waals surface area contributed by atoms with Crippen molar-refractivity contribution in [1.29, 1.82) is 0 Å². The maximum Gasteiger partial charge on any atom is 0.347 e. The zero-order valence-electron chi connectivity index (χ0n) is 13.7. The predicted octanol–water partition coefficient (Wildman–Crippen LogP) is 1.24. The van der Waals surface area contributed by atoms with E-state index in [1.807, 2.05) is 13.8 Å². The van der Waals surface area contributed by atoms with Gasteiger partial charge >= 0.3 is 13.5 Å². The number of hydrogen-bond donors (Lipinski definition) is 1. The van der Waals surface area contributed by atoms with Gasteiger partial charge in [-0.05, 0) is 10.8 Å². The highest BCUT2D eigenvalue weighted by molar-refractivity contribution is 7.54. The molecule has 1 atom stereocenters. The summed E-state index contributed by atoms with van der Waals surface area (Å²) >= 11 is 0. The summed E-state index contributed by atoms with van der Waals surface area (Å²) in [5.74, 6) is 0.0361. The monoisotopic (exact) mass is 359 g/mol. The van der Waals surface area contributed by atoms with E-state index in [2.05, 4.69) is 4.98 Å². The van der Waals surface area contributed by atoms with Crippen molar-refractivity contribution in [3.8, 4) is 0 Å².